The number of nitriles is 2. The molecule has 0 fully saturated rings. The minimum atomic E-state index is -0.549. The van der Waals surface area contributed by atoms with E-state index in [9.17, 15) is 10.1 Å². The summed E-state index contributed by atoms with van der Waals surface area (Å²) in [5.74, 6) is -1.16. The summed E-state index contributed by atoms with van der Waals surface area (Å²) in [6.45, 7) is 1.78. The van der Waals surface area contributed by atoms with E-state index in [-0.39, 0.29) is 24.0 Å². The molecule has 5 nitrogen and oxygen atoms in total. The first-order valence-corrected chi connectivity index (χ1v) is 5.45. The average Bonchev–Trinajstić information content (AvgIpc) is 2.40. The van der Waals surface area contributed by atoms with Crippen LogP contribution in [-0.2, 0) is 9.53 Å². The molecular formula is C13H13N3O2. The van der Waals surface area contributed by atoms with Gasteiger partial charge in [-0.15, -0.1) is 0 Å². The fourth-order valence-corrected chi connectivity index (χ4v) is 1.73. The molecule has 0 aliphatic carbocycles. The maximum atomic E-state index is 11.2. The Hall–Kier alpha value is -2.40. The maximum Gasteiger partial charge on any atom is 0.305 e. The largest absolute Gasteiger partial charge is 0.469 e. The molecule has 0 bridgehead atoms. The first kappa shape index (κ1) is 13.7. The second-order valence-corrected chi connectivity index (χ2v) is 3.92. The lowest BCUT2D eigenvalue weighted by Gasteiger charge is -2.17. The first-order chi connectivity index (χ1) is 8.63. The topological polar surface area (TPSA) is 86.8 Å². The van der Waals surface area contributed by atoms with Gasteiger partial charge in [0.15, 0.2) is 0 Å². The Bertz CT molecular complexity index is 514. The van der Waals surface area contributed by atoms with Crippen LogP contribution in [0.4, 0.5) is 0 Å². The van der Waals surface area contributed by atoms with Gasteiger partial charge in [0.1, 0.15) is 11.8 Å². The van der Waals surface area contributed by atoms with Gasteiger partial charge in [-0.2, -0.15) is 10.5 Å². The zero-order valence-corrected chi connectivity index (χ0v) is 10.3. The van der Waals surface area contributed by atoms with Crippen molar-refractivity contribution in [3.8, 4) is 12.1 Å². The highest BCUT2D eigenvalue weighted by molar-refractivity contribution is 5.69. The van der Waals surface area contributed by atoms with Gasteiger partial charge in [0.25, 0.3) is 0 Å². The summed E-state index contributed by atoms with van der Waals surface area (Å²) in [5.41, 5.74) is 0.777. The Kier molecular flexibility index (Phi) is 4.83. The number of methoxy groups -OCH3 is 1. The number of pyridine rings is 1. The lowest BCUT2D eigenvalue weighted by Crippen LogP contribution is -2.15. The average molecular weight is 243 g/mol. The lowest BCUT2D eigenvalue weighted by atomic mass is 9.85. The normalized spacial score (nSPS) is 12.9. The molecule has 0 amide bonds. The van der Waals surface area contributed by atoms with Gasteiger partial charge in [-0.05, 0) is 12.0 Å². The summed E-state index contributed by atoms with van der Waals surface area (Å²) in [5, 5.41) is 18.2. The molecule has 5 heteroatoms. The van der Waals surface area contributed by atoms with E-state index in [2.05, 4.69) is 15.8 Å². The summed E-state index contributed by atoms with van der Waals surface area (Å²) in [4.78, 5) is 15.1. The molecule has 0 saturated heterocycles. The Morgan fingerprint density at radius 2 is 2.28 bits per heavy atom. The molecule has 1 heterocycles. The van der Waals surface area contributed by atoms with Crippen molar-refractivity contribution in [1.29, 1.82) is 10.5 Å². The van der Waals surface area contributed by atoms with E-state index >= 15 is 0 Å². The smallest absolute Gasteiger partial charge is 0.305 e. The van der Waals surface area contributed by atoms with Gasteiger partial charge in [-0.25, -0.2) is 4.98 Å². The molecule has 0 saturated carbocycles. The number of hydrogen-bond acceptors (Lipinski definition) is 5. The molecule has 0 spiro atoms. The van der Waals surface area contributed by atoms with Gasteiger partial charge >= 0.3 is 5.97 Å². The van der Waals surface area contributed by atoms with E-state index in [1.165, 1.54) is 13.3 Å². The van der Waals surface area contributed by atoms with Crippen molar-refractivity contribution < 1.29 is 9.53 Å². The number of carbonyl (C=O) groups excluding carboxylic acids is 1. The van der Waals surface area contributed by atoms with Crippen molar-refractivity contribution in [3.05, 3.63) is 29.6 Å². The predicted octanol–water partition coefficient (Wildman–Crippen LogP) is 1.76. The zero-order chi connectivity index (χ0) is 13.5. The monoisotopic (exact) mass is 243 g/mol. The summed E-state index contributed by atoms with van der Waals surface area (Å²) < 4.78 is 4.58. The predicted molar refractivity (Wildman–Crippen MR) is 63.1 cm³/mol. The van der Waals surface area contributed by atoms with Crippen molar-refractivity contribution in [3.63, 3.8) is 0 Å². The SMILES string of the molecule is COC(=O)CC(C)C(C#N)c1cccnc1C#N. The van der Waals surface area contributed by atoms with Crippen LogP contribution in [0.15, 0.2) is 18.3 Å². The Balaban J connectivity index is 3.00. The fraction of sp³-hybridized carbons (Fsp3) is 0.385. The van der Waals surface area contributed by atoms with Crippen molar-refractivity contribution >= 4 is 5.97 Å². The highest BCUT2D eigenvalue weighted by Gasteiger charge is 2.24. The van der Waals surface area contributed by atoms with Crippen molar-refractivity contribution in [1.82, 2.24) is 4.98 Å². The molecule has 0 aliphatic rings. The molecule has 18 heavy (non-hydrogen) atoms. The molecule has 0 aromatic carbocycles. The number of nitrogens with zero attached hydrogens (tertiary/aromatic N) is 3. The summed E-state index contributed by atoms with van der Waals surface area (Å²) in [6.07, 6.45) is 1.63. The van der Waals surface area contributed by atoms with Crippen LogP contribution >= 0.6 is 0 Å². The standard InChI is InChI=1S/C13H13N3O2/c1-9(6-13(17)18-2)11(7-14)10-4-3-5-16-12(10)8-15/h3-5,9,11H,6H2,1-2H3. The van der Waals surface area contributed by atoms with Crippen LogP contribution in [0.25, 0.3) is 0 Å². The number of hydrogen-bond donors (Lipinski definition) is 0. The van der Waals surface area contributed by atoms with Gasteiger partial charge in [0.05, 0.1) is 19.1 Å². The van der Waals surface area contributed by atoms with Gasteiger partial charge in [-0.1, -0.05) is 13.0 Å². The van der Waals surface area contributed by atoms with Gasteiger partial charge in [0, 0.05) is 18.2 Å². The number of ether oxygens (including phenoxy) is 1. The molecule has 92 valence electrons. The van der Waals surface area contributed by atoms with Crippen LogP contribution in [0.3, 0.4) is 0 Å². The molecule has 0 aliphatic heterocycles. The first-order valence-electron chi connectivity index (χ1n) is 5.45. The molecule has 0 radical (unpaired) electrons. The van der Waals surface area contributed by atoms with Gasteiger partial charge < -0.3 is 4.74 Å². The molecular weight excluding hydrogens is 230 g/mol. The van der Waals surface area contributed by atoms with Crippen LogP contribution in [0, 0.1) is 28.6 Å². The van der Waals surface area contributed by atoms with Crippen molar-refractivity contribution in [2.24, 2.45) is 5.92 Å². The fourth-order valence-electron chi connectivity index (χ4n) is 1.73. The Morgan fingerprint density at radius 1 is 1.56 bits per heavy atom. The minimum absolute atomic E-state index is 0.133. The third kappa shape index (κ3) is 3.05. The zero-order valence-electron chi connectivity index (χ0n) is 10.3. The van der Waals surface area contributed by atoms with E-state index in [1.807, 2.05) is 6.07 Å². The van der Waals surface area contributed by atoms with Crippen LogP contribution in [0.1, 0.15) is 30.5 Å². The van der Waals surface area contributed by atoms with Crippen LogP contribution in [0.5, 0.6) is 0 Å². The molecule has 1 aromatic heterocycles. The maximum absolute atomic E-state index is 11.2. The summed E-state index contributed by atoms with van der Waals surface area (Å²) in [7, 11) is 1.31. The number of carbonyl (C=O) groups is 1. The second kappa shape index (κ2) is 6.36. The second-order valence-electron chi connectivity index (χ2n) is 3.92. The summed E-state index contributed by atoms with van der Waals surface area (Å²) in [6, 6.07) is 7.44. The highest BCUT2D eigenvalue weighted by Crippen LogP contribution is 2.28. The third-order valence-electron chi connectivity index (χ3n) is 2.70. The number of esters is 1. The van der Waals surface area contributed by atoms with Gasteiger partial charge in [0.2, 0.25) is 0 Å². The van der Waals surface area contributed by atoms with E-state index in [0.29, 0.717) is 5.56 Å². The lowest BCUT2D eigenvalue weighted by molar-refractivity contribution is -0.141. The molecule has 0 N–H and O–H groups in total. The van der Waals surface area contributed by atoms with E-state index in [0.717, 1.165) is 0 Å². The molecule has 1 aromatic rings. The quantitative estimate of drug-likeness (QED) is 0.752. The van der Waals surface area contributed by atoms with Crippen molar-refractivity contribution in [2.75, 3.05) is 7.11 Å². The van der Waals surface area contributed by atoms with Crippen molar-refractivity contribution in [2.45, 2.75) is 19.3 Å². The third-order valence-corrected chi connectivity index (χ3v) is 2.70. The molecule has 2 atom stereocenters. The highest BCUT2D eigenvalue weighted by atomic mass is 16.5. The molecule has 1 rings (SSSR count). The molecule has 2 unspecified atom stereocenters. The van der Waals surface area contributed by atoms with E-state index in [4.69, 9.17) is 5.26 Å². The minimum Gasteiger partial charge on any atom is -0.469 e. The number of aromatic nitrogens is 1. The summed E-state index contributed by atoms with van der Waals surface area (Å²) >= 11 is 0. The van der Waals surface area contributed by atoms with Crippen LogP contribution < -0.4 is 0 Å². The Labute approximate surface area is 106 Å². The van der Waals surface area contributed by atoms with Crippen LogP contribution in [-0.4, -0.2) is 18.1 Å². The van der Waals surface area contributed by atoms with E-state index in [1.54, 1.807) is 19.1 Å². The number of rotatable bonds is 4. The Morgan fingerprint density at radius 3 is 2.83 bits per heavy atom. The van der Waals surface area contributed by atoms with Crippen LogP contribution in [0.2, 0.25) is 0 Å². The van der Waals surface area contributed by atoms with E-state index < -0.39 is 5.92 Å². The van der Waals surface area contributed by atoms with Gasteiger partial charge in [-0.3, -0.25) is 4.79 Å².